The number of methoxy groups -OCH3 is 1. The normalized spacial score (nSPS) is 17.2. The van der Waals surface area contributed by atoms with Gasteiger partial charge in [-0.1, -0.05) is 18.2 Å². The van der Waals surface area contributed by atoms with Crippen molar-refractivity contribution >= 4 is 35.1 Å². The van der Waals surface area contributed by atoms with Crippen molar-refractivity contribution in [1.82, 2.24) is 0 Å². The summed E-state index contributed by atoms with van der Waals surface area (Å²) in [6.45, 7) is 0.197. The molecule has 1 fully saturated rings. The molecule has 0 spiro atoms. The predicted molar refractivity (Wildman–Crippen MR) is 123 cm³/mol. The van der Waals surface area contributed by atoms with Crippen LogP contribution in [-0.2, 0) is 9.59 Å². The molecule has 0 aromatic heterocycles. The second kappa shape index (κ2) is 8.47. The van der Waals surface area contributed by atoms with E-state index >= 15 is 0 Å². The van der Waals surface area contributed by atoms with Crippen molar-refractivity contribution in [3.63, 3.8) is 0 Å². The number of benzene rings is 3. The molecule has 0 aliphatic carbocycles. The zero-order chi connectivity index (χ0) is 23.8. The van der Waals surface area contributed by atoms with Crippen LogP contribution < -0.4 is 19.3 Å². The first-order valence-corrected chi connectivity index (χ1v) is 10.7. The minimum absolute atomic E-state index is 0.0307. The summed E-state index contributed by atoms with van der Waals surface area (Å²) >= 11 is 0. The number of amides is 3. The third-order valence-electron chi connectivity index (χ3n) is 5.93. The van der Waals surface area contributed by atoms with Gasteiger partial charge in [-0.2, -0.15) is 0 Å². The number of fused-ring (bicyclic) bond motifs is 1. The minimum Gasteiger partial charge on any atom is -0.497 e. The molecule has 8 nitrogen and oxygen atoms in total. The predicted octanol–water partition coefficient (Wildman–Crippen LogP) is 3.45. The Morgan fingerprint density at radius 3 is 2.15 bits per heavy atom. The van der Waals surface area contributed by atoms with E-state index < -0.39 is 23.7 Å². The van der Waals surface area contributed by atoms with Crippen molar-refractivity contribution in [2.24, 2.45) is 5.92 Å². The van der Waals surface area contributed by atoms with E-state index in [1.165, 1.54) is 6.07 Å². The van der Waals surface area contributed by atoms with Crippen LogP contribution in [0.2, 0.25) is 0 Å². The van der Waals surface area contributed by atoms with Crippen molar-refractivity contribution in [2.75, 3.05) is 23.5 Å². The quantitative estimate of drug-likeness (QED) is 0.332. The van der Waals surface area contributed by atoms with Gasteiger partial charge < -0.3 is 14.4 Å². The number of imide groups is 1. The zero-order valence-corrected chi connectivity index (χ0v) is 18.3. The van der Waals surface area contributed by atoms with Gasteiger partial charge in [-0.05, 0) is 48.5 Å². The highest BCUT2D eigenvalue weighted by Crippen LogP contribution is 2.32. The van der Waals surface area contributed by atoms with Crippen LogP contribution in [0.25, 0.3) is 0 Å². The van der Waals surface area contributed by atoms with E-state index in [9.17, 15) is 19.2 Å². The first kappa shape index (κ1) is 21.4. The van der Waals surface area contributed by atoms with Gasteiger partial charge in [0.2, 0.25) is 5.91 Å². The van der Waals surface area contributed by atoms with Gasteiger partial charge in [0, 0.05) is 24.7 Å². The highest BCUT2D eigenvalue weighted by atomic mass is 16.5. The molecule has 0 unspecified atom stereocenters. The first-order chi connectivity index (χ1) is 16.5. The van der Waals surface area contributed by atoms with Crippen LogP contribution in [0.15, 0.2) is 72.8 Å². The fourth-order valence-electron chi connectivity index (χ4n) is 4.19. The van der Waals surface area contributed by atoms with Gasteiger partial charge in [-0.25, -0.2) is 4.90 Å². The summed E-state index contributed by atoms with van der Waals surface area (Å²) in [4.78, 5) is 53.4. The number of rotatable bonds is 5. The lowest BCUT2D eigenvalue weighted by molar-refractivity contribution is -0.139. The summed E-state index contributed by atoms with van der Waals surface area (Å²) in [7, 11) is 1.56. The van der Waals surface area contributed by atoms with Crippen molar-refractivity contribution in [3.05, 3.63) is 83.9 Å². The number of hydrogen-bond donors (Lipinski definition) is 0. The SMILES string of the molecule is COc1ccc(N2C[C@H](C(=O)Oc3cccc(N4C(=O)c5ccccc5C4=O)c3)CC2=O)cc1. The summed E-state index contributed by atoms with van der Waals surface area (Å²) < 4.78 is 10.7. The third-order valence-corrected chi connectivity index (χ3v) is 5.93. The molecule has 1 saturated heterocycles. The van der Waals surface area contributed by atoms with E-state index in [0.29, 0.717) is 28.3 Å². The number of hydrogen-bond acceptors (Lipinski definition) is 6. The fourth-order valence-corrected chi connectivity index (χ4v) is 4.19. The molecular weight excluding hydrogens is 436 g/mol. The summed E-state index contributed by atoms with van der Waals surface area (Å²) in [6, 6.07) is 19.9. The lowest BCUT2D eigenvalue weighted by Gasteiger charge is -2.17. The van der Waals surface area contributed by atoms with E-state index in [0.717, 1.165) is 4.90 Å². The van der Waals surface area contributed by atoms with Crippen molar-refractivity contribution in [2.45, 2.75) is 6.42 Å². The molecule has 34 heavy (non-hydrogen) atoms. The molecule has 1 atom stereocenters. The molecule has 0 saturated carbocycles. The molecule has 5 rings (SSSR count). The van der Waals surface area contributed by atoms with Gasteiger partial charge >= 0.3 is 5.97 Å². The molecule has 170 valence electrons. The molecule has 2 aliphatic rings. The Bertz CT molecular complexity index is 1280. The van der Waals surface area contributed by atoms with E-state index in [4.69, 9.17) is 9.47 Å². The molecule has 3 aromatic carbocycles. The number of esters is 1. The molecule has 0 radical (unpaired) electrons. The Hall–Kier alpha value is -4.46. The van der Waals surface area contributed by atoms with Crippen LogP contribution in [0.4, 0.5) is 11.4 Å². The molecule has 2 heterocycles. The molecule has 3 aromatic rings. The monoisotopic (exact) mass is 456 g/mol. The molecule has 2 aliphatic heterocycles. The van der Waals surface area contributed by atoms with Crippen LogP contribution in [-0.4, -0.2) is 37.3 Å². The average molecular weight is 456 g/mol. The molecular formula is C26H20N2O6. The maximum Gasteiger partial charge on any atom is 0.316 e. The van der Waals surface area contributed by atoms with E-state index in [1.807, 2.05) is 0 Å². The maximum absolute atomic E-state index is 12.8. The lowest BCUT2D eigenvalue weighted by Crippen LogP contribution is -2.29. The van der Waals surface area contributed by atoms with Crippen LogP contribution in [0.5, 0.6) is 11.5 Å². The summed E-state index contributed by atoms with van der Waals surface area (Å²) in [5, 5.41) is 0. The number of anilines is 2. The summed E-state index contributed by atoms with van der Waals surface area (Å²) in [5.41, 5.74) is 1.64. The summed E-state index contributed by atoms with van der Waals surface area (Å²) in [6.07, 6.45) is 0.0307. The number of ether oxygens (including phenoxy) is 2. The van der Waals surface area contributed by atoms with Crippen molar-refractivity contribution < 1.29 is 28.7 Å². The van der Waals surface area contributed by atoms with Gasteiger partial charge in [0.1, 0.15) is 11.5 Å². The number of nitrogens with zero attached hydrogens (tertiary/aromatic N) is 2. The highest BCUT2D eigenvalue weighted by Gasteiger charge is 2.38. The highest BCUT2D eigenvalue weighted by molar-refractivity contribution is 6.34. The van der Waals surface area contributed by atoms with Gasteiger partial charge in [-0.15, -0.1) is 0 Å². The Labute approximate surface area is 195 Å². The smallest absolute Gasteiger partial charge is 0.316 e. The number of carbonyl (C=O) groups excluding carboxylic acids is 4. The Balaban J connectivity index is 1.30. The van der Waals surface area contributed by atoms with Crippen molar-refractivity contribution in [1.29, 1.82) is 0 Å². The van der Waals surface area contributed by atoms with Crippen molar-refractivity contribution in [3.8, 4) is 11.5 Å². The van der Waals surface area contributed by atoms with Gasteiger partial charge in [0.15, 0.2) is 0 Å². The minimum atomic E-state index is -0.641. The molecule has 0 N–H and O–H groups in total. The van der Waals surface area contributed by atoms with E-state index in [2.05, 4.69) is 0 Å². The van der Waals surface area contributed by atoms with Gasteiger partial charge in [0.25, 0.3) is 11.8 Å². The first-order valence-electron chi connectivity index (χ1n) is 10.7. The van der Waals surface area contributed by atoms with Crippen LogP contribution in [0.1, 0.15) is 27.1 Å². The fraction of sp³-hybridized carbons (Fsp3) is 0.154. The van der Waals surface area contributed by atoms with Crippen LogP contribution in [0.3, 0.4) is 0 Å². The van der Waals surface area contributed by atoms with Gasteiger partial charge in [-0.3, -0.25) is 19.2 Å². The second-order valence-electron chi connectivity index (χ2n) is 8.01. The molecule has 3 amide bonds. The lowest BCUT2D eigenvalue weighted by atomic mass is 10.1. The maximum atomic E-state index is 12.8. The zero-order valence-electron chi connectivity index (χ0n) is 18.3. The Morgan fingerprint density at radius 2 is 1.50 bits per heavy atom. The molecule has 8 heteroatoms. The number of carbonyl (C=O) groups is 4. The Kier molecular flexibility index (Phi) is 5.33. The van der Waals surface area contributed by atoms with Gasteiger partial charge in [0.05, 0.1) is 29.8 Å². The third kappa shape index (κ3) is 3.69. The topological polar surface area (TPSA) is 93.2 Å². The standard InChI is InChI=1S/C26H20N2O6/c1-33-19-11-9-17(10-12-19)27-15-16(13-23(27)29)26(32)34-20-6-4-5-18(14-20)28-24(30)21-7-2-3-8-22(21)25(28)31/h2-12,14,16H,13,15H2,1H3/t16-/m1/s1. The largest absolute Gasteiger partial charge is 0.497 e. The summed E-state index contributed by atoms with van der Waals surface area (Å²) in [5.74, 6) is -1.37. The second-order valence-corrected chi connectivity index (χ2v) is 8.01. The Morgan fingerprint density at radius 1 is 0.824 bits per heavy atom. The molecule has 0 bridgehead atoms. The average Bonchev–Trinajstić information content (AvgIpc) is 3.37. The van der Waals surface area contributed by atoms with E-state index in [-0.39, 0.29) is 24.6 Å². The van der Waals surface area contributed by atoms with Crippen LogP contribution >= 0.6 is 0 Å². The van der Waals surface area contributed by atoms with E-state index in [1.54, 1.807) is 78.7 Å². The van der Waals surface area contributed by atoms with Crippen LogP contribution in [0, 0.1) is 5.92 Å².